The van der Waals surface area contributed by atoms with Gasteiger partial charge in [-0.2, -0.15) is 0 Å². The number of fused-ring (bicyclic) bond motifs is 1. The standard InChI is InChI=1S/C19H15FN2O5/c1-26-17-7-6-12(8-14(17)20)16(23)10-27-18(24)9-22-11-21-15-5-3-2-4-13(15)19(22)25/h2-8,11H,9-10H2,1H3. The first kappa shape index (κ1) is 18.2. The molecule has 0 radical (unpaired) electrons. The number of carbonyl (C=O) groups is 2. The van der Waals surface area contributed by atoms with Gasteiger partial charge in [-0.3, -0.25) is 19.0 Å². The van der Waals surface area contributed by atoms with Crippen LogP contribution in [0.5, 0.6) is 5.75 Å². The maximum atomic E-state index is 13.6. The van der Waals surface area contributed by atoms with Crippen molar-refractivity contribution in [3.05, 3.63) is 70.5 Å². The lowest BCUT2D eigenvalue weighted by Gasteiger charge is -2.08. The quantitative estimate of drug-likeness (QED) is 0.487. The van der Waals surface area contributed by atoms with Gasteiger partial charge in [0.05, 0.1) is 24.3 Å². The van der Waals surface area contributed by atoms with Crippen molar-refractivity contribution in [2.24, 2.45) is 0 Å². The summed E-state index contributed by atoms with van der Waals surface area (Å²) in [6, 6.07) is 10.4. The largest absolute Gasteiger partial charge is 0.494 e. The number of hydrogen-bond acceptors (Lipinski definition) is 6. The van der Waals surface area contributed by atoms with Crippen molar-refractivity contribution in [3.63, 3.8) is 0 Å². The predicted molar refractivity (Wildman–Crippen MR) is 94.2 cm³/mol. The lowest BCUT2D eigenvalue weighted by atomic mass is 10.1. The van der Waals surface area contributed by atoms with Gasteiger partial charge in [-0.25, -0.2) is 9.37 Å². The van der Waals surface area contributed by atoms with Crippen LogP contribution in [0.25, 0.3) is 10.9 Å². The van der Waals surface area contributed by atoms with Crippen molar-refractivity contribution in [1.82, 2.24) is 9.55 Å². The van der Waals surface area contributed by atoms with Crippen LogP contribution in [0.1, 0.15) is 10.4 Å². The second-order valence-electron chi connectivity index (χ2n) is 5.63. The number of halogens is 1. The Morgan fingerprint density at radius 3 is 2.70 bits per heavy atom. The molecule has 2 aromatic carbocycles. The number of para-hydroxylation sites is 1. The second-order valence-corrected chi connectivity index (χ2v) is 5.63. The summed E-state index contributed by atoms with van der Waals surface area (Å²) in [5.74, 6) is -2.04. The first-order chi connectivity index (χ1) is 13.0. The van der Waals surface area contributed by atoms with E-state index in [9.17, 15) is 18.8 Å². The van der Waals surface area contributed by atoms with E-state index in [0.29, 0.717) is 10.9 Å². The van der Waals surface area contributed by atoms with Crippen LogP contribution in [-0.2, 0) is 16.1 Å². The van der Waals surface area contributed by atoms with Gasteiger partial charge in [0, 0.05) is 5.56 Å². The molecule has 0 aliphatic heterocycles. The molecule has 27 heavy (non-hydrogen) atoms. The SMILES string of the molecule is COc1ccc(C(=O)COC(=O)Cn2cnc3ccccc3c2=O)cc1F. The van der Waals surface area contributed by atoms with Crippen LogP contribution < -0.4 is 10.3 Å². The maximum absolute atomic E-state index is 13.6. The van der Waals surface area contributed by atoms with Gasteiger partial charge in [0.25, 0.3) is 5.56 Å². The summed E-state index contributed by atoms with van der Waals surface area (Å²) < 4.78 is 24.4. The van der Waals surface area contributed by atoms with Crippen LogP contribution in [0, 0.1) is 5.82 Å². The highest BCUT2D eigenvalue weighted by atomic mass is 19.1. The van der Waals surface area contributed by atoms with E-state index in [-0.39, 0.29) is 23.4 Å². The Bertz CT molecular complexity index is 1080. The van der Waals surface area contributed by atoms with E-state index in [4.69, 9.17) is 9.47 Å². The highest BCUT2D eigenvalue weighted by Crippen LogP contribution is 2.18. The predicted octanol–water partition coefficient (Wildman–Crippen LogP) is 1.97. The Hall–Kier alpha value is -3.55. The summed E-state index contributed by atoms with van der Waals surface area (Å²) in [7, 11) is 1.31. The number of Topliss-reactive ketones (excluding diaryl/α,β-unsaturated/α-hetero) is 1. The monoisotopic (exact) mass is 370 g/mol. The summed E-state index contributed by atoms with van der Waals surface area (Å²) in [4.78, 5) is 40.4. The average Bonchev–Trinajstić information content (AvgIpc) is 2.68. The van der Waals surface area contributed by atoms with Gasteiger partial charge >= 0.3 is 5.97 Å². The van der Waals surface area contributed by atoms with Crippen molar-refractivity contribution < 1.29 is 23.5 Å². The van der Waals surface area contributed by atoms with Crippen LogP contribution in [0.4, 0.5) is 4.39 Å². The molecule has 0 atom stereocenters. The minimum atomic E-state index is -0.781. The maximum Gasteiger partial charge on any atom is 0.326 e. The number of aromatic nitrogens is 2. The molecule has 0 fully saturated rings. The Morgan fingerprint density at radius 2 is 1.96 bits per heavy atom. The van der Waals surface area contributed by atoms with Gasteiger partial charge in [0.1, 0.15) is 6.54 Å². The van der Waals surface area contributed by atoms with E-state index in [1.807, 2.05) is 0 Å². The van der Waals surface area contributed by atoms with Crippen LogP contribution in [0.15, 0.2) is 53.6 Å². The van der Waals surface area contributed by atoms with E-state index in [2.05, 4.69) is 4.98 Å². The number of nitrogens with zero attached hydrogens (tertiary/aromatic N) is 2. The number of hydrogen-bond donors (Lipinski definition) is 0. The normalized spacial score (nSPS) is 10.6. The third kappa shape index (κ3) is 4.00. The molecule has 0 saturated heterocycles. The Kier molecular flexibility index (Phi) is 5.25. The molecule has 1 heterocycles. The average molecular weight is 370 g/mol. The molecule has 3 aromatic rings. The lowest BCUT2D eigenvalue weighted by Crippen LogP contribution is -2.26. The van der Waals surface area contributed by atoms with Gasteiger partial charge in [-0.05, 0) is 30.3 Å². The van der Waals surface area contributed by atoms with E-state index >= 15 is 0 Å². The Labute approximate surface area is 153 Å². The highest BCUT2D eigenvalue weighted by molar-refractivity contribution is 5.98. The molecule has 8 heteroatoms. The molecule has 0 saturated carbocycles. The Balaban J connectivity index is 1.65. The zero-order valence-corrected chi connectivity index (χ0v) is 14.3. The molecule has 7 nitrogen and oxygen atoms in total. The minimum absolute atomic E-state index is 0.00623. The molecule has 3 rings (SSSR count). The molecule has 1 aromatic heterocycles. The first-order valence-corrected chi connectivity index (χ1v) is 7.96. The van der Waals surface area contributed by atoms with Gasteiger partial charge in [0.2, 0.25) is 0 Å². The fraction of sp³-hybridized carbons (Fsp3) is 0.158. The second kappa shape index (κ2) is 7.77. The van der Waals surface area contributed by atoms with Crippen LogP contribution in [0.2, 0.25) is 0 Å². The molecule has 0 aliphatic rings. The summed E-state index contributed by atoms with van der Waals surface area (Å²) in [5.41, 5.74) is 0.176. The van der Waals surface area contributed by atoms with Gasteiger partial charge < -0.3 is 9.47 Å². The summed E-state index contributed by atoms with van der Waals surface area (Å²) >= 11 is 0. The van der Waals surface area contributed by atoms with E-state index < -0.39 is 24.2 Å². The number of ketones is 1. The van der Waals surface area contributed by atoms with Crippen LogP contribution in [-0.4, -0.2) is 35.0 Å². The molecule has 0 spiro atoms. The zero-order chi connectivity index (χ0) is 19.4. The lowest BCUT2D eigenvalue weighted by molar-refractivity contribution is -0.143. The summed E-state index contributed by atoms with van der Waals surface area (Å²) in [6.45, 7) is -0.957. The Morgan fingerprint density at radius 1 is 1.19 bits per heavy atom. The third-order valence-corrected chi connectivity index (χ3v) is 3.87. The zero-order valence-electron chi connectivity index (χ0n) is 14.3. The van der Waals surface area contributed by atoms with Crippen LogP contribution in [0.3, 0.4) is 0 Å². The van der Waals surface area contributed by atoms with E-state index in [0.717, 1.165) is 10.6 Å². The molecular weight excluding hydrogens is 355 g/mol. The number of benzene rings is 2. The van der Waals surface area contributed by atoms with Crippen molar-refractivity contribution >= 4 is 22.7 Å². The third-order valence-electron chi connectivity index (χ3n) is 3.87. The molecule has 138 valence electrons. The summed E-state index contributed by atoms with van der Waals surface area (Å²) in [5, 5.41) is 0.373. The number of rotatable bonds is 6. The van der Waals surface area contributed by atoms with Crippen molar-refractivity contribution in [1.29, 1.82) is 0 Å². The number of ether oxygens (including phenoxy) is 2. The van der Waals surface area contributed by atoms with Crippen molar-refractivity contribution in [2.75, 3.05) is 13.7 Å². The van der Waals surface area contributed by atoms with Crippen LogP contribution >= 0.6 is 0 Å². The number of esters is 1. The molecule has 0 bridgehead atoms. The van der Waals surface area contributed by atoms with Gasteiger partial charge in [-0.15, -0.1) is 0 Å². The van der Waals surface area contributed by atoms with Crippen molar-refractivity contribution in [2.45, 2.75) is 6.54 Å². The van der Waals surface area contributed by atoms with Gasteiger partial charge in [0.15, 0.2) is 24.0 Å². The molecule has 0 N–H and O–H groups in total. The number of methoxy groups -OCH3 is 1. The topological polar surface area (TPSA) is 87.5 Å². The van der Waals surface area contributed by atoms with Gasteiger partial charge in [-0.1, -0.05) is 12.1 Å². The first-order valence-electron chi connectivity index (χ1n) is 7.96. The summed E-state index contributed by atoms with van der Waals surface area (Å²) in [6.07, 6.45) is 1.24. The molecule has 0 amide bonds. The molecule has 0 aliphatic carbocycles. The number of carbonyl (C=O) groups excluding carboxylic acids is 2. The minimum Gasteiger partial charge on any atom is -0.494 e. The fourth-order valence-electron chi connectivity index (χ4n) is 2.47. The molecular formula is C19H15FN2O5. The van der Waals surface area contributed by atoms with Crippen molar-refractivity contribution in [3.8, 4) is 5.75 Å². The van der Waals surface area contributed by atoms with E-state index in [1.165, 1.54) is 25.6 Å². The smallest absolute Gasteiger partial charge is 0.326 e. The van der Waals surface area contributed by atoms with E-state index in [1.54, 1.807) is 24.3 Å². The highest BCUT2D eigenvalue weighted by Gasteiger charge is 2.14. The fourth-order valence-corrected chi connectivity index (χ4v) is 2.47. The molecule has 0 unspecified atom stereocenters.